The van der Waals surface area contributed by atoms with Gasteiger partial charge in [-0.2, -0.15) is 0 Å². The lowest BCUT2D eigenvalue weighted by atomic mass is 10.1. The van der Waals surface area contributed by atoms with Crippen molar-refractivity contribution in [2.45, 2.75) is 142 Å². The van der Waals surface area contributed by atoms with Gasteiger partial charge in [0, 0.05) is 13.0 Å². The molecule has 1 N–H and O–H groups in total. The summed E-state index contributed by atoms with van der Waals surface area (Å²) in [7, 11) is 0. The number of hydrogen-bond donors (Lipinski definition) is 1. The number of hydrogen-bond acceptors (Lipinski definition) is 4. The quantitative estimate of drug-likeness (QED) is 0.0686. The van der Waals surface area contributed by atoms with Gasteiger partial charge < -0.3 is 14.6 Å². The molecule has 0 aromatic rings. The minimum atomic E-state index is -0.543. The number of aliphatic hydroxyl groups excluding tert-OH is 1. The molecule has 1 atom stereocenters. The van der Waals surface area contributed by atoms with E-state index in [9.17, 15) is 9.90 Å². The average Bonchev–Trinajstić information content (AvgIpc) is 2.88. The minimum absolute atomic E-state index is 0.182. The molecule has 0 amide bonds. The highest BCUT2D eigenvalue weighted by molar-refractivity contribution is 5.69. The van der Waals surface area contributed by atoms with E-state index >= 15 is 0 Å². The summed E-state index contributed by atoms with van der Waals surface area (Å²) < 4.78 is 11.0. The van der Waals surface area contributed by atoms with Crippen molar-refractivity contribution >= 4 is 5.97 Å². The van der Waals surface area contributed by atoms with Gasteiger partial charge in [0.05, 0.1) is 13.2 Å². The number of allylic oxidation sites excluding steroid dienone is 6. The molecule has 36 heavy (non-hydrogen) atoms. The first-order chi connectivity index (χ1) is 17.7. The Morgan fingerprint density at radius 1 is 0.694 bits per heavy atom. The second-order valence-corrected chi connectivity index (χ2v) is 9.80. The highest BCUT2D eigenvalue weighted by Crippen LogP contribution is 2.11. The summed E-state index contributed by atoms with van der Waals surface area (Å²) in [6.07, 6.45) is 34.5. The molecule has 4 nitrogen and oxygen atoms in total. The fourth-order valence-corrected chi connectivity index (χ4v) is 3.99. The highest BCUT2D eigenvalue weighted by Gasteiger charge is 2.13. The molecular formula is C32H58O4. The molecule has 0 radical (unpaired) electrons. The Kier molecular flexibility index (Phi) is 28.7. The summed E-state index contributed by atoms with van der Waals surface area (Å²) in [6.45, 7) is 5.18. The van der Waals surface area contributed by atoms with Crippen LogP contribution in [0, 0.1) is 0 Å². The van der Waals surface area contributed by atoms with E-state index in [0.29, 0.717) is 13.0 Å². The van der Waals surface area contributed by atoms with Gasteiger partial charge in [-0.25, -0.2) is 0 Å². The van der Waals surface area contributed by atoms with Crippen LogP contribution in [0.2, 0.25) is 0 Å². The highest BCUT2D eigenvalue weighted by atomic mass is 16.6. The third-order valence-electron chi connectivity index (χ3n) is 6.23. The van der Waals surface area contributed by atoms with Crippen LogP contribution in [-0.4, -0.2) is 37.0 Å². The van der Waals surface area contributed by atoms with Crippen molar-refractivity contribution in [3.63, 3.8) is 0 Å². The predicted molar refractivity (Wildman–Crippen MR) is 154 cm³/mol. The topological polar surface area (TPSA) is 55.8 Å². The van der Waals surface area contributed by atoms with Gasteiger partial charge in [0.1, 0.15) is 6.10 Å². The van der Waals surface area contributed by atoms with Gasteiger partial charge in [-0.15, -0.1) is 0 Å². The lowest BCUT2D eigenvalue weighted by Crippen LogP contribution is -2.27. The Bertz CT molecular complexity index is 538. The lowest BCUT2D eigenvalue weighted by Gasteiger charge is -2.15. The Hall–Kier alpha value is -1.39. The van der Waals surface area contributed by atoms with E-state index in [2.05, 4.69) is 50.3 Å². The van der Waals surface area contributed by atoms with Gasteiger partial charge >= 0.3 is 5.97 Å². The van der Waals surface area contributed by atoms with E-state index in [0.717, 1.165) is 51.4 Å². The van der Waals surface area contributed by atoms with Gasteiger partial charge in [-0.3, -0.25) is 4.79 Å². The number of rotatable bonds is 27. The second-order valence-electron chi connectivity index (χ2n) is 9.80. The number of ether oxygens (including phenoxy) is 2. The van der Waals surface area contributed by atoms with Crippen molar-refractivity contribution in [2.75, 3.05) is 19.8 Å². The predicted octanol–water partition coefficient (Wildman–Crippen LogP) is 9.03. The third kappa shape index (κ3) is 27.2. The van der Waals surface area contributed by atoms with Crippen LogP contribution in [0.3, 0.4) is 0 Å². The summed E-state index contributed by atoms with van der Waals surface area (Å²) in [4.78, 5) is 12.0. The summed E-state index contributed by atoms with van der Waals surface area (Å²) >= 11 is 0. The van der Waals surface area contributed by atoms with Crippen LogP contribution in [0.4, 0.5) is 0 Å². The van der Waals surface area contributed by atoms with E-state index in [4.69, 9.17) is 9.47 Å². The summed E-state index contributed by atoms with van der Waals surface area (Å²) in [5.74, 6) is -0.231. The first-order valence-corrected chi connectivity index (χ1v) is 15.1. The van der Waals surface area contributed by atoms with E-state index in [1.807, 2.05) is 0 Å². The molecular weight excluding hydrogens is 448 g/mol. The molecule has 210 valence electrons. The molecule has 4 heteroatoms. The minimum Gasteiger partial charge on any atom is -0.457 e. The van der Waals surface area contributed by atoms with Crippen molar-refractivity contribution in [2.24, 2.45) is 0 Å². The van der Waals surface area contributed by atoms with Crippen molar-refractivity contribution in [1.82, 2.24) is 0 Å². The Labute approximate surface area is 223 Å². The normalized spacial score (nSPS) is 12.9. The van der Waals surface area contributed by atoms with Crippen LogP contribution in [0.5, 0.6) is 0 Å². The number of carbonyl (C=O) groups excluding carboxylic acids is 1. The maximum absolute atomic E-state index is 12.0. The molecule has 0 aliphatic carbocycles. The van der Waals surface area contributed by atoms with E-state index in [1.165, 1.54) is 64.2 Å². The monoisotopic (exact) mass is 506 g/mol. The van der Waals surface area contributed by atoms with Crippen molar-refractivity contribution in [3.8, 4) is 0 Å². The molecule has 0 saturated carbocycles. The molecule has 0 spiro atoms. The van der Waals surface area contributed by atoms with Crippen LogP contribution in [0.25, 0.3) is 0 Å². The first kappa shape index (κ1) is 34.6. The van der Waals surface area contributed by atoms with Gasteiger partial charge in [0.2, 0.25) is 0 Å². The Morgan fingerprint density at radius 2 is 1.25 bits per heavy atom. The van der Waals surface area contributed by atoms with Crippen molar-refractivity contribution in [3.05, 3.63) is 36.5 Å². The van der Waals surface area contributed by atoms with Crippen molar-refractivity contribution < 1.29 is 19.4 Å². The Balaban J connectivity index is 3.53. The molecule has 0 bridgehead atoms. The number of unbranched alkanes of at least 4 members (excludes halogenated alkanes) is 13. The molecule has 0 saturated heterocycles. The number of esters is 1. The van der Waals surface area contributed by atoms with Gasteiger partial charge in [-0.05, 0) is 44.9 Å². The average molecular weight is 507 g/mol. The molecule has 0 fully saturated rings. The van der Waals surface area contributed by atoms with Crippen LogP contribution in [0.15, 0.2) is 36.5 Å². The number of aliphatic hydroxyl groups is 1. The van der Waals surface area contributed by atoms with E-state index in [1.54, 1.807) is 0 Å². The second kappa shape index (κ2) is 29.8. The largest absolute Gasteiger partial charge is 0.457 e. The summed E-state index contributed by atoms with van der Waals surface area (Å²) in [6, 6.07) is 0. The zero-order valence-electron chi connectivity index (χ0n) is 23.8. The molecule has 0 aliphatic heterocycles. The maximum Gasteiger partial charge on any atom is 0.306 e. The summed E-state index contributed by atoms with van der Waals surface area (Å²) in [5.41, 5.74) is 0. The first-order valence-electron chi connectivity index (χ1n) is 15.1. The van der Waals surface area contributed by atoms with Gasteiger partial charge in [0.15, 0.2) is 0 Å². The van der Waals surface area contributed by atoms with E-state index < -0.39 is 6.10 Å². The fraction of sp³-hybridized carbons (Fsp3) is 0.781. The van der Waals surface area contributed by atoms with Gasteiger partial charge in [-0.1, -0.05) is 121 Å². The van der Waals surface area contributed by atoms with Crippen LogP contribution < -0.4 is 0 Å². The summed E-state index contributed by atoms with van der Waals surface area (Å²) in [5, 5.41) is 9.48. The third-order valence-corrected chi connectivity index (χ3v) is 6.23. The standard InChI is InChI=1S/C32H58O4/c1-3-5-7-9-11-13-15-16-17-19-21-23-25-27-32(34)36-31(29-33)30-35-28-26-24-22-20-18-14-12-10-8-6-4-2/h5,7,11,13,16-17,31,33H,3-4,6,8-10,12,14-15,18-30H2,1-2H3/b7-5-,13-11-,17-16-. The SMILES string of the molecule is CC/C=C\C/C=C\C/C=C\CCCCCC(=O)OC(CO)COCCCCCCCCCCCCC. The van der Waals surface area contributed by atoms with Crippen molar-refractivity contribution in [1.29, 1.82) is 0 Å². The zero-order valence-corrected chi connectivity index (χ0v) is 23.8. The molecule has 0 aromatic carbocycles. The van der Waals surface area contributed by atoms with Crippen LogP contribution in [0.1, 0.15) is 136 Å². The molecule has 0 aromatic heterocycles. The molecule has 0 heterocycles. The maximum atomic E-state index is 12.0. The Morgan fingerprint density at radius 3 is 1.86 bits per heavy atom. The number of carbonyl (C=O) groups is 1. The molecule has 1 unspecified atom stereocenters. The zero-order chi connectivity index (χ0) is 26.4. The smallest absolute Gasteiger partial charge is 0.306 e. The lowest BCUT2D eigenvalue weighted by molar-refractivity contribution is -0.154. The van der Waals surface area contributed by atoms with E-state index in [-0.39, 0.29) is 19.2 Å². The van der Waals surface area contributed by atoms with Crippen LogP contribution in [-0.2, 0) is 14.3 Å². The van der Waals surface area contributed by atoms with Crippen LogP contribution >= 0.6 is 0 Å². The fourth-order valence-electron chi connectivity index (χ4n) is 3.99. The molecule has 0 aliphatic rings. The van der Waals surface area contributed by atoms with Gasteiger partial charge in [0.25, 0.3) is 0 Å². The molecule has 0 rings (SSSR count).